The van der Waals surface area contributed by atoms with Crippen LogP contribution in [0.15, 0.2) is 24.3 Å². The molecule has 0 heterocycles. The minimum Gasteiger partial charge on any atom is -0.484 e. The van der Waals surface area contributed by atoms with Gasteiger partial charge in [0.25, 0.3) is 5.91 Å². The molecule has 0 bridgehead atoms. The molecule has 0 unspecified atom stereocenters. The summed E-state index contributed by atoms with van der Waals surface area (Å²) in [5.74, 6) is -0.174. The van der Waals surface area contributed by atoms with Crippen molar-refractivity contribution in [3.8, 4) is 5.75 Å². The van der Waals surface area contributed by atoms with Crippen LogP contribution in [0.5, 0.6) is 5.75 Å². The van der Waals surface area contributed by atoms with Crippen LogP contribution in [-0.2, 0) is 4.79 Å². The standard InChI is InChI=1S/C13H16FNO3/c14-10-2-4-11(5-3-10)18-8-12(17)15-13(9-16)6-1-7-13/h2-5,16H,1,6-9H2,(H,15,17). The number of halogens is 1. The summed E-state index contributed by atoms with van der Waals surface area (Å²) in [4.78, 5) is 11.6. The number of ether oxygens (including phenoxy) is 1. The van der Waals surface area contributed by atoms with Crippen molar-refractivity contribution < 1.29 is 19.0 Å². The summed E-state index contributed by atoms with van der Waals surface area (Å²) in [6.45, 7) is -0.178. The van der Waals surface area contributed by atoms with Gasteiger partial charge in [-0.1, -0.05) is 0 Å². The lowest BCUT2D eigenvalue weighted by atomic mass is 9.77. The van der Waals surface area contributed by atoms with Crippen LogP contribution in [0.3, 0.4) is 0 Å². The van der Waals surface area contributed by atoms with Crippen LogP contribution in [0.4, 0.5) is 4.39 Å². The number of aliphatic hydroxyl groups excluding tert-OH is 1. The molecule has 0 spiro atoms. The molecule has 0 aromatic heterocycles. The highest BCUT2D eigenvalue weighted by atomic mass is 19.1. The summed E-state index contributed by atoms with van der Waals surface area (Å²) in [7, 11) is 0. The van der Waals surface area contributed by atoms with E-state index in [9.17, 15) is 14.3 Å². The van der Waals surface area contributed by atoms with Gasteiger partial charge in [0.2, 0.25) is 0 Å². The Morgan fingerprint density at radius 1 is 1.39 bits per heavy atom. The van der Waals surface area contributed by atoms with Crippen molar-refractivity contribution in [1.82, 2.24) is 5.32 Å². The smallest absolute Gasteiger partial charge is 0.258 e. The number of rotatable bonds is 5. The van der Waals surface area contributed by atoms with Crippen molar-refractivity contribution in [2.45, 2.75) is 24.8 Å². The van der Waals surface area contributed by atoms with Gasteiger partial charge in [0.15, 0.2) is 6.61 Å². The Labute approximate surface area is 105 Å². The molecular formula is C13H16FNO3. The zero-order chi connectivity index (χ0) is 13.0. The Balaban J connectivity index is 1.79. The van der Waals surface area contributed by atoms with Crippen molar-refractivity contribution in [3.05, 3.63) is 30.1 Å². The molecule has 1 aliphatic carbocycles. The molecule has 0 aliphatic heterocycles. The summed E-state index contributed by atoms with van der Waals surface area (Å²) in [5, 5.41) is 12.0. The monoisotopic (exact) mass is 253 g/mol. The van der Waals surface area contributed by atoms with E-state index in [0.717, 1.165) is 19.3 Å². The van der Waals surface area contributed by atoms with Crippen LogP contribution in [0, 0.1) is 5.82 Å². The van der Waals surface area contributed by atoms with Crippen molar-refractivity contribution in [2.24, 2.45) is 0 Å². The fourth-order valence-electron chi connectivity index (χ4n) is 1.94. The van der Waals surface area contributed by atoms with Gasteiger partial charge in [0.1, 0.15) is 11.6 Å². The number of aliphatic hydroxyl groups is 1. The molecule has 1 aromatic carbocycles. The summed E-state index contributed by atoms with van der Waals surface area (Å²) in [6.07, 6.45) is 2.61. The maximum absolute atomic E-state index is 12.6. The van der Waals surface area contributed by atoms with Gasteiger partial charge in [-0.05, 0) is 43.5 Å². The predicted molar refractivity (Wildman–Crippen MR) is 63.7 cm³/mol. The first-order valence-corrected chi connectivity index (χ1v) is 5.94. The zero-order valence-corrected chi connectivity index (χ0v) is 9.99. The lowest BCUT2D eigenvalue weighted by molar-refractivity contribution is -0.127. The van der Waals surface area contributed by atoms with Crippen LogP contribution < -0.4 is 10.1 Å². The molecule has 2 N–H and O–H groups in total. The van der Waals surface area contributed by atoms with Crippen molar-refractivity contribution in [2.75, 3.05) is 13.2 Å². The molecule has 4 nitrogen and oxygen atoms in total. The number of hydrogen-bond acceptors (Lipinski definition) is 3. The summed E-state index contributed by atoms with van der Waals surface area (Å²) < 4.78 is 17.9. The van der Waals surface area contributed by atoms with E-state index in [1.165, 1.54) is 24.3 Å². The first-order valence-electron chi connectivity index (χ1n) is 5.94. The van der Waals surface area contributed by atoms with Crippen molar-refractivity contribution in [1.29, 1.82) is 0 Å². The van der Waals surface area contributed by atoms with Gasteiger partial charge in [-0.15, -0.1) is 0 Å². The Morgan fingerprint density at radius 2 is 2.06 bits per heavy atom. The van der Waals surface area contributed by atoms with E-state index in [1.807, 2.05) is 0 Å². The lowest BCUT2D eigenvalue weighted by Crippen LogP contribution is -2.57. The molecule has 1 aromatic rings. The minimum absolute atomic E-state index is 0.0463. The highest BCUT2D eigenvalue weighted by molar-refractivity contribution is 5.78. The van der Waals surface area contributed by atoms with Gasteiger partial charge in [-0.3, -0.25) is 4.79 Å². The number of carbonyl (C=O) groups excluding carboxylic acids is 1. The summed E-state index contributed by atoms with van der Waals surface area (Å²) >= 11 is 0. The van der Waals surface area contributed by atoms with Gasteiger partial charge in [-0.2, -0.15) is 0 Å². The molecule has 5 heteroatoms. The molecular weight excluding hydrogens is 237 g/mol. The summed E-state index contributed by atoms with van der Waals surface area (Å²) in [5.41, 5.74) is -0.455. The highest BCUT2D eigenvalue weighted by Gasteiger charge is 2.37. The number of amides is 1. The number of benzene rings is 1. The Hall–Kier alpha value is -1.62. The second kappa shape index (κ2) is 5.35. The molecule has 0 radical (unpaired) electrons. The third-order valence-electron chi connectivity index (χ3n) is 3.20. The molecule has 1 amide bonds. The lowest BCUT2D eigenvalue weighted by Gasteiger charge is -2.40. The number of carbonyl (C=O) groups is 1. The van der Waals surface area contributed by atoms with Crippen molar-refractivity contribution >= 4 is 5.91 Å². The van der Waals surface area contributed by atoms with Gasteiger partial charge >= 0.3 is 0 Å². The van der Waals surface area contributed by atoms with E-state index in [2.05, 4.69) is 5.32 Å². The average Bonchev–Trinajstić information content (AvgIpc) is 2.33. The molecule has 98 valence electrons. The highest BCUT2D eigenvalue weighted by Crippen LogP contribution is 2.30. The van der Waals surface area contributed by atoms with Gasteiger partial charge in [0.05, 0.1) is 12.1 Å². The molecule has 2 rings (SSSR count). The minimum atomic E-state index is -0.455. The molecule has 18 heavy (non-hydrogen) atoms. The third kappa shape index (κ3) is 2.98. The fourth-order valence-corrected chi connectivity index (χ4v) is 1.94. The quantitative estimate of drug-likeness (QED) is 0.830. The SMILES string of the molecule is O=C(COc1ccc(F)cc1)NC1(CO)CCC1. The van der Waals surface area contributed by atoms with E-state index in [-0.39, 0.29) is 24.9 Å². The average molecular weight is 253 g/mol. The predicted octanol–water partition coefficient (Wildman–Crippen LogP) is 1.24. The van der Waals surface area contributed by atoms with Gasteiger partial charge < -0.3 is 15.2 Å². The number of hydrogen-bond donors (Lipinski definition) is 2. The fraction of sp³-hybridized carbons (Fsp3) is 0.462. The van der Waals surface area contributed by atoms with Crippen molar-refractivity contribution in [3.63, 3.8) is 0 Å². The molecule has 0 saturated heterocycles. The largest absolute Gasteiger partial charge is 0.484 e. The van der Waals surface area contributed by atoms with E-state index in [4.69, 9.17) is 4.74 Å². The van der Waals surface area contributed by atoms with Crippen LogP contribution in [0.2, 0.25) is 0 Å². The maximum atomic E-state index is 12.6. The Morgan fingerprint density at radius 3 is 2.56 bits per heavy atom. The normalized spacial score (nSPS) is 16.8. The van der Waals surface area contributed by atoms with Gasteiger partial charge in [-0.25, -0.2) is 4.39 Å². The summed E-state index contributed by atoms with van der Waals surface area (Å²) in [6, 6.07) is 5.48. The van der Waals surface area contributed by atoms with Gasteiger partial charge in [0, 0.05) is 0 Å². The van der Waals surface area contributed by atoms with E-state index in [1.54, 1.807) is 0 Å². The number of nitrogens with one attached hydrogen (secondary N) is 1. The molecule has 1 aliphatic rings. The van der Waals surface area contributed by atoms with E-state index in [0.29, 0.717) is 5.75 Å². The van der Waals surface area contributed by atoms with E-state index < -0.39 is 5.54 Å². The van der Waals surface area contributed by atoms with Crippen LogP contribution in [0.1, 0.15) is 19.3 Å². The molecule has 1 fully saturated rings. The Bertz CT molecular complexity index is 409. The molecule has 1 saturated carbocycles. The zero-order valence-electron chi connectivity index (χ0n) is 9.99. The maximum Gasteiger partial charge on any atom is 0.258 e. The Kier molecular flexibility index (Phi) is 3.81. The van der Waals surface area contributed by atoms with E-state index >= 15 is 0 Å². The van der Waals surface area contributed by atoms with Crippen LogP contribution in [-0.4, -0.2) is 29.8 Å². The molecule has 0 atom stereocenters. The van der Waals surface area contributed by atoms with Crippen LogP contribution >= 0.6 is 0 Å². The second-order valence-corrected chi connectivity index (χ2v) is 4.58. The van der Waals surface area contributed by atoms with Crippen LogP contribution in [0.25, 0.3) is 0 Å². The first kappa shape index (κ1) is 12.8. The first-order chi connectivity index (χ1) is 8.63. The third-order valence-corrected chi connectivity index (χ3v) is 3.20. The second-order valence-electron chi connectivity index (χ2n) is 4.58. The topological polar surface area (TPSA) is 58.6 Å².